The fraction of sp³-hybridized carbons (Fsp3) is 0.0382. The highest BCUT2D eigenvalue weighted by Crippen LogP contribution is 2.59. The number of fused-ring (bicyclic) bond motifs is 37. The van der Waals surface area contributed by atoms with Crippen molar-refractivity contribution in [2.24, 2.45) is 0 Å². The van der Waals surface area contributed by atoms with E-state index in [9.17, 15) is 0 Å². The Balaban J connectivity index is 0.0000000988. The Hall–Kier alpha value is -17.3. The van der Waals surface area contributed by atoms with Crippen LogP contribution in [0.1, 0.15) is 44.5 Å². The van der Waals surface area contributed by atoms with E-state index >= 15 is 0 Å². The summed E-state index contributed by atoms with van der Waals surface area (Å²) in [5, 5.41) is 27.0. The second kappa shape index (κ2) is 29.3. The Bertz CT molecular complexity index is 9650. The van der Waals surface area contributed by atoms with E-state index in [1.54, 1.807) is 0 Å². The number of aryl methyl sites for hydroxylation is 4. The molecule has 0 atom stereocenters. The zero-order valence-corrected chi connectivity index (χ0v) is 79.5. The van der Waals surface area contributed by atoms with Gasteiger partial charge in [0.05, 0.1) is 66.4 Å². The molecule has 0 bridgehead atoms. The van der Waals surface area contributed by atoms with Crippen LogP contribution in [0.25, 0.3) is 125 Å². The number of rotatable bonds is 5. The van der Waals surface area contributed by atoms with Crippen molar-refractivity contribution < 1.29 is 4.74 Å². The van der Waals surface area contributed by atoms with Crippen molar-refractivity contribution in [1.82, 2.24) is 13.2 Å². The molecule has 5 aliphatic heterocycles. The summed E-state index contributed by atoms with van der Waals surface area (Å²) in [6, 6.07) is 172. The van der Waals surface area contributed by atoms with Crippen LogP contribution in [0.5, 0.6) is 11.5 Å². The molecule has 0 saturated carbocycles. The van der Waals surface area contributed by atoms with E-state index in [1.807, 2.05) is 0 Å². The minimum absolute atomic E-state index is 0.470. The van der Waals surface area contributed by atoms with Crippen molar-refractivity contribution in [2.45, 2.75) is 33.1 Å². The summed E-state index contributed by atoms with van der Waals surface area (Å²) in [6.45, 7) is 8.95. The number of hydrogen-bond acceptors (Lipinski definition) is 4. The SMILES string of the molecule is Cc1ccc2c(c1)[Si]1(c3ccccc3-c3ccccc31)c1cc(C)ccc1N2c1ccc2c(c1)c1cccc3c4ccccc4n2c31.Cc1ccc2c(c1)[Si]1(c3ccccc3Oc3ccccc31)c1cc(C)ccc1N2c1ccc2c(c1)c1cccc3c4ccccc4n2c31.c1ccc(C2(c3ccccc3)c3ccccc3N(c3ccc4c5cccc6c7ccccc7n(c4c3)c65)c3ccccc32)cc1. The van der Waals surface area contributed by atoms with E-state index in [0.717, 1.165) is 17.2 Å². The zero-order valence-electron chi connectivity index (χ0n) is 77.5. The van der Waals surface area contributed by atoms with Crippen LogP contribution in [-0.2, 0) is 5.41 Å². The first-order chi connectivity index (χ1) is 69.1. The summed E-state index contributed by atoms with van der Waals surface area (Å²) in [4.78, 5) is 7.55. The van der Waals surface area contributed by atoms with Gasteiger partial charge in [0.2, 0.25) is 0 Å². The summed E-state index contributed by atoms with van der Waals surface area (Å²) in [6.07, 6.45) is 0. The fourth-order valence-electron chi connectivity index (χ4n) is 26.4. The second-order valence-electron chi connectivity index (χ2n) is 39.1. The van der Waals surface area contributed by atoms with Crippen LogP contribution in [0, 0.1) is 27.7 Å². The van der Waals surface area contributed by atoms with Crippen molar-refractivity contribution >= 4 is 223 Å². The van der Waals surface area contributed by atoms with Gasteiger partial charge in [0, 0.05) is 104 Å². The van der Waals surface area contributed by atoms with Crippen LogP contribution in [-0.4, -0.2) is 29.3 Å². The first-order valence-electron chi connectivity index (χ1n) is 48.8. The van der Waals surface area contributed by atoms with Crippen molar-refractivity contribution in [1.29, 1.82) is 0 Å². The number of aromatic nitrogens is 3. The predicted molar refractivity (Wildman–Crippen MR) is 592 cm³/mol. The topological polar surface area (TPSA) is 32.2 Å². The highest BCUT2D eigenvalue weighted by molar-refractivity contribution is 7.24. The van der Waals surface area contributed by atoms with E-state index in [1.165, 1.54) is 257 Å². The number of para-hydroxylation sites is 10. The molecule has 0 amide bonds. The Morgan fingerprint density at radius 3 is 0.900 bits per heavy atom. The standard InChI is InChI=1S/C44H30N2OSi.C44H30N2Si.C43H28N2/c1-27-18-21-36-42(24-27)48(40-16-7-5-14-38(40)47-39-15-6-8-17-41(39)48)43-25-28(2)19-22-37(43)45(36)29-20-23-35-33(26-29)32-12-9-11-31-30-10-3-4-13-34(30)46(35)44(31)32;1-27-18-21-38-42(24-27)47(40-16-7-4-11-31(40)32-12-5-8-17-41(32)47)43-25-28(2)19-22-39(43)45(38)29-20-23-37-35(26-29)34-14-9-13-33-30-10-3-6-15-36(30)46(37)44(33)34;1-3-14-29(15-4-1)43(30-16-5-2-6-17-30)36-21-8-11-24-39(36)44(40-25-12-9-22-37(40)43)31-26-27-33-35-20-13-19-34-32-18-7-10-23-38(32)45(42(34)35)41(33)28-31/h3-26H,1-2H3;3-26H,1-2H3;1-28H. The molecule has 0 radical (unpaired) electrons. The van der Waals surface area contributed by atoms with Gasteiger partial charge in [0.15, 0.2) is 16.1 Å². The molecule has 21 aromatic carbocycles. The summed E-state index contributed by atoms with van der Waals surface area (Å²) in [5.74, 6) is 1.94. The van der Waals surface area contributed by atoms with Gasteiger partial charge in [-0.2, -0.15) is 0 Å². The van der Waals surface area contributed by atoms with Crippen LogP contribution in [0.2, 0.25) is 0 Å². The summed E-state index contributed by atoms with van der Waals surface area (Å²) >= 11 is 0. The summed E-state index contributed by atoms with van der Waals surface area (Å²) in [5.41, 5.74) is 35.0. The lowest BCUT2D eigenvalue weighted by atomic mass is 9.62. The van der Waals surface area contributed by atoms with E-state index < -0.39 is 21.6 Å². The lowest BCUT2D eigenvalue weighted by Crippen LogP contribution is -2.78. The van der Waals surface area contributed by atoms with Crippen molar-refractivity contribution in [3.63, 3.8) is 0 Å². The van der Waals surface area contributed by atoms with Crippen molar-refractivity contribution in [3.8, 4) is 22.6 Å². The molecule has 27 aromatic rings. The van der Waals surface area contributed by atoms with Gasteiger partial charge in [-0.25, -0.2) is 0 Å². The Kier molecular flexibility index (Phi) is 16.5. The molecule has 0 fully saturated rings. The minimum Gasteiger partial charge on any atom is -0.458 e. The van der Waals surface area contributed by atoms with Crippen LogP contribution >= 0.6 is 0 Å². The number of hydrogen-bond donors (Lipinski definition) is 0. The van der Waals surface area contributed by atoms with Gasteiger partial charge in [-0.3, -0.25) is 0 Å². The van der Waals surface area contributed by atoms with Gasteiger partial charge in [0.1, 0.15) is 11.5 Å². The molecular weight excluding hydrogens is 1730 g/mol. The van der Waals surface area contributed by atoms with E-state index in [-0.39, 0.29) is 0 Å². The van der Waals surface area contributed by atoms with Gasteiger partial charge >= 0.3 is 0 Å². The van der Waals surface area contributed by atoms with Gasteiger partial charge in [0.25, 0.3) is 0 Å². The van der Waals surface area contributed by atoms with E-state index in [0.29, 0.717) is 0 Å². The molecule has 0 unspecified atom stereocenters. The van der Waals surface area contributed by atoms with Crippen LogP contribution in [0.15, 0.2) is 461 Å². The Morgan fingerprint density at radius 1 is 0.193 bits per heavy atom. The van der Waals surface area contributed by atoms with Gasteiger partial charge in [-0.15, -0.1) is 0 Å². The molecule has 2 spiro atoms. The third-order valence-electron chi connectivity index (χ3n) is 31.8. The first-order valence-corrected chi connectivity index (χ1v) is 52.8. The predicted octanol–water partition coefficient (Wildman–Crippen LogP) is 28.3. The van der Waals surface area contributed by atoms with Gasteiger partial charge < -0.3 is 32.6 Å². The average molecular weight is 1820 g/mol. The number of benzene rings is 21. The van der Waals surface area contributed by atoms with Gasteiger partial charge in [-0.1, -0.05) is 368 Å². The molecule has 6 aromatic heterocycles. The number of ether oxygens (including phenoxy) is 1. The smallest absolute Gasteiger partial charge is 0.192 e. The highest BCUT2D eigenvalue weighted by Gasteiger charge is 2.57. The molecule has 0 aliphatic carbocycles. The average Bonchev–Trinajstić information content (AvgIpc) is 1.69. The third kappa shape index (κ3) is 10.4. The number of anilines is 9. The van der Waals surface area contributed by atoms with Gasteiger partial charge in [-0.05, 0) is 218 Å². The van der Waals surface area contributed by atoms with Crippen molar-refractivity contribution in [2.75, 3.05) is 14.7 Å². The zero-order chi connectivity index (χ0) is 92.3. The summed E-state index contributed by atoms with van der Waals surface area (Å²) < 4.78 is 14.1. The minimum atomic E-state index is -2.79. The maximum atomic E-state index is 6.66. The lowest BCUT2D eigenvalue weighted by molar-refractivity contribution is 0.487. The molecule has 5 aliphatic rings. The quantitative estimate of drug-likeness (QED) is 0.161. The Labute approximate surface area is 811 Å². The molecule has 7 nitrogen and oxygen atoms in total. The maximum absolute atomic E-state index is 6.66. The Morgan fingerprint density at radius 2 is 0.486 bits per heavy atom. The highest BCUT2D eigenvalue weighted by atomic mass is 28.3. The molecule has 32 rings (SSSR count). The van der Waals surface area contributed by atoms with E-state index in [4.69, 9.17) is 4.74 Å². The van der Waals surface area contributed by atoms with Crippen LogP contribution < -0.4 is 60.9 Å². The van der Waals surface area contributed by atoms with Crippen LogP contribution in [0.4, 0.5) is 51.2 Å². The molecule has 0 saturated heterocycles. The third-order valence-corrected chi connectivity index (χ3v) is 41.6. The fourth-order valence-corrected chi connectivity index (χ4v) is 37.7. The van der Waals surface area contributed by atoms with Crippen LogP contribution in [0.3, 0.4) is 0 Å². The summed E-state index contributed by atoms with van der Waals surface area (Å²) in [7, 11) is -5.41. The number of nitrogens with zero attached hydrogens (tertiary/aromatic N) is 6. The first kappa shape index (κ1) is 78.9. The van der Waals surface area contributed by atoms with E-state index in [2.05, 4.69) is 517 Å². The molecular formula is C131H88N6OSi2. The molecule has 9 heteroatoms. The maximum Gasteiger partial charge on any atom is 0.192 e. The molecule has 0 N–H and O–H groups in total. The molecule has 656 valence electrons. The normalized spacial score (nSPS) is 14.2. The van der Waals surface area contributed by atoms with Crippen molar-refractivity contribution in [3.05, 3.63) is 506 Å². The molecule has 11 heterocycles. The second-order valence-corrected chi connectivity index (χ2v) is 46.4. The lowest BCUT2D eigenvalue weighted by Gasteiger charge is -2.47. The monoisotopic (exact) mass is 1820 g/mol. The largest absolute Gasteiger partial charge is 0.458 e. The molecule has 140 heavy (non-hydrogen) atoms.